The van der Waals surface area contributed by atoms with Gasteiger partial charge in [0.2, 0.25) is 5.91 Å². The highest BCUT2D eigenvalue weighted by Crippen LogP contribution is 2.39. The van der Waals surface area contributed by atoms with E-state index >= 15 is 0 Å². The summed E-state index contributed by atoms with van der Waals surface area (Å²) >= 11 is 1.43. The molecule has 0 spiro atoms. The number of benzene rings is 1. The molecule has 1 amide bonds. The smallest absolute Gasteiger partial charge is 0.235 e. The van der Waals surface area contributed by atoms with Gasteiger partial charge in [-0.25, -0.2) is 4.39 Å². The summed E-state index contributed by atoms with van der Waals surface area (Å²) < 4.78 is 15.4. The predicted octanol–water partition coefficient (Wildman–Crippen LogP) is 3.20. The molecule has 1 atom stereocenters. The van der Waals surface area contributed by atoms with Crippen molar-refractivity contribution in [1.29, 1.82) is 0 Å². The van der Waals surface area contributed by atoms with Crippen molar-refractivity contribution in [3.8, 4) is 0 Å². The second-order valence-corrected chi connectivity index (χ2v) is 7.52. The van der Waals surface area contributed by atoms with Crippen molar-refractivity contribution in [2.24, 2.45) is 0 Å². The number of halogens is 1. The highest BCUT2D eigenvalue weighted by Gasteiger charge is 2.30. The standard InChI is InChI=1S/C17H21FN4OS/c1-11(24-17-20-19-12(2)22(17)15-7-8-15)16(23)21(3)10-13-5-4-6-14(18)9-13/h4-6,9,11,15H,7-8,10H2,1-3H3/t11-/m1/s1. The molecule has 1 aliphatic rings. The largest absolute Gasteiger partial charge is 0.340 e. The first-order valence-electron chi connectivity index (χ1n) is 8.03. The second-order valence-electron chi connectivity index (χ2n) is 6.22. The molecular weight excluding hydrogens is 327 g/mol. The molecule has 1 aliphatic carbocycles. The SMILES string of the molecule is Cc1nnc(S[C@H](C)C(=O)N(C)Cc2cccc(F)c2)n1C1CC1. The van der Waals surface area contributed by atoms with E-state index in [1.165, 1.54) is 23.9 Å². The van der Waals surface area contributed by atoms with Gasteiger partial charge in [-0.15, -0.1) is 10.2 Å². The van der Waals surface area contributed by atoms with Gasteiger partial charge in [0.25, 0.3) is 0 Å². The third kappa shape index (κ3) is 3.77. The number of hydrogen-bond acceptors (Lipinski definition) is 4. The average molecular weight is 348 g/mol. The molecular formula is C17H21FN4OS. The lowest BCUT2D eigenvalue weighted by molar-refractivity contribution is -0.129. The minimum absolute atomic E-state index is 0.00717. The Morgan fingerprint density at radius 2 is 2.21 bits per heavy atom. The lowest BCUT2D eigenvalue weighted by atomic mass is 10.2. The van der Waals surface area contributed by atoms with Gasteiger partial charge in [0.15, 0.2) is 5.16 Å². The fourth-order valence-electron chi connectivity index (χ4n) is 2.69. The molecule has 3 rings (SSSR count). The van der Waals surface area contributed by atoms with Crippen molar-refractivity contribution in [1.82, 2.24) is 19.7 Å². The van der Waals surface area contributed by atoms with Crippen LogP contribution in [0.5, 0.6) is 0 Å². The van der Waals surface area contributed by atoms with Crippen LogP contribution < -0.4 is 0 Å². The number of amides is 1. The zero-order valence-electron chi connectivity index (χ0n) is 14.1. The molecule has 0 unspecified atom stereocenters. The Balaban J connectivity index is 1.64. The van der Waals surface area contributed by atoms with Gasteiger partial charge in [-0.05, 0) is 44.4 Å². The Kier molecular flexibility index (Phi) is 4.89. The number of nitrogens with zero attached hydrogens (tertiary/aromatic N) is 4. The molecule has 0 aliphatic heterocycles. The maximum atomic E-state index is 13.3. The quantitative estimate of drug-likeness (QED) is 0.752. The van der Waals surface area contributed by atoms with Gasteiger partial charge in [0.1, 0.15) is 11.6 Å². The van der Waals surface area contributed by atoms with Crippen molar-refractivity contribution in [3.63, 3.8) is 0 Å². The number of hydrogen-bond donors (Lipinski definition) is 0. The minimum atomic E-state index is -0.288. The van der Waals surface area contributed by atoms with E-state index in [0.29, 0.717) is 12.6 Å². The molecule has 24 heavy (non-hydrogen) atoms. The number of carbonyl (C=O) groups is 1. The average Bonchev–Trinajstić information content (AvgIpc) is 3.31. The van der Waals surface area contributed by atoms with Gasteiger partial charge in [0.05, 0.1) is 5.25 Å². The number of aromatic nitrogens is 3. The van der Waals surface area contributed by atoms with E-state index in [1.807, 2.05) is 19.9 Å². The summed E-state index contributed by atoms with van der Waals surface area (Å²) in [7, 11) is 1.74. The van der Waals surface area contributed by atoms with E-state index in [2.05, 4.69) is 14.8 Å². The first-order valence-corrected chi connectivity index (χ1v) is 8.91. The Morgan fingerprint density at radius 3 is 2.88 bits per heavy atom. The number of rotatable bonds is 6. The van der Waals surface area contributed by atoms with Gasteiger partial charge in [-0.2, -0.15) is 0 Å². The summed E-state index contributed by atoms with van der Waals surface area (Å²) in [5, 5.41) is 8.88. The monoisotopic (exact) mass is 348 g/mol. The first kappa shape index (κ1) is 17.0. The first-order chi connectivity index (χ1) is 11.5. The van der Waals surface area contributed by atoms with Crippen LogP contribution in [-0.2, 0) is 11.3 Å². The Morgan fingerprint density at radius 1 is 1.46 bits per heavy atom. The third-order valence-corrected chi connectivity index (χ3v) is 5.11. The van der Waals surface area contributed by atoms with Gasteiger partial charge >= 0.3 is 0 Å². The Labute approximate surface area is 145 Å². The van der Waals surface area contributed by atoms with E-state index in [1.54, 1.807) is 18.0 Å². The molecule has 7 heteroatoms. The fraction of sp³-hybridized carbons (Fsp3) is 0.471. The van der Waals surface area contributed by atoms with Crippen LogP contribution >= 0.6 is 11.8 Å². The molecule has 1 fully saturated rings. The van der Waals surface area contributed by atoms with E-state index in [0.717, 1.165) is 29.4 Å². The number of aryl methyl sites for hydroxylation is 1. The molecule has 1 saturated carbocycles. The van der Waals surface area contributed by atoms with E-state index < -0.39 is 0 Å². The maximum absolute atomic E-state index is 13.3. The summed E-state index contributed by atoms with van der Waals surface area (Å²) in [4.78, 5) is 14.2. The lowest BCUT2D eigenvalue weighted by Gasteiger charge is -2.21. The molecule has 0 saturated heterocycles. The topological polar surface area (TPSA) is 51.0 Å². The normalized spacial score (nSPS) is 15.3. The zero-order chi connectivity index (χ0) is 17.3. The van der Waals surface area contributed by atoms with Crippen LogP contribution in [0.4, 0.5) is 4.39 Å². The molecule has 5 nitrogen and oxygen atoms in total. The lowest BCUT2D eigenvalue weighted by Crippen LogP contribution is -2.33. The van der Waals surface area contributed by atoms with Gasteiger partial charge in [-0.1, -0.05) is 23.9 Å². The molecule has 0 bridgehead atoms. The van der Waals surface area contributed by atoms with Crippen LogP contribution in [0.1, 0.15) is 37.2 Å². The van der Waals surface area contributed by atoms with Gasteiger partial charge in [-0.3, -0.25) is 4.79 Å². The minimum Gasteiger partial charge on any atom is -0.340 e. The van der Waals surface area contributed by atoms with Crippen molar-refractivity contribution in [2.75, 3.05) is 7.05 Å². The van der Waals surface area contributed by atoms with E-state index in [9.17, 15) is 9.18 Å². The predicted molar refractivity (Wildman–Crippen MR) is 91.2 cm³/mol. The molecule has 128 valence electrons. The summed E-state index contributed by atoms with van der Waals surface area (Å²) in [6, 6.07) is 6.81. The molecule has 1 aromatic carbocycles. The molecule has 0 N–H and O–H groups in total. The van der Waals surface area contributed by atoms with Crippen molar-refractivity contribution < 1.29 is 9.18 Å². The molecule has 2 aromatic rings. The Bertz CT molecular complexity index is 744. The van der Waals surface area contributed by atoms with Crippen molar-refractivity contribution in [2.45, 2.75) is 49.7 Å². The van der Waals surface area contributed by atoms with E-state index in [4.69, 9.17) is 0 Å². The number of thioether (sulfide) groups is 1. The maximum Gasteiger partial charge on any atom is 0.235 e. The summed E-state index contributed by atoms with van der Waals surface area (Å²) in [5.41, 5.74) is 0.778. The Hall–Kier alpha value is -1.89. The van der Waals surface area contributed by atoms with Crippen LogP contribution in [0, 0.1) is 12.7 Å². The highest BCUT2D eigenvalue weighted by molar-refractivity contribution is 8.00. The fourth-order valence-corrected chi connectivity index (χ4v) is 3.77. The van der Waals surface area contributed by atoms with E-state index in [-0.39, 0.29) is 17.0 Å². The summed E-state index contributed by atoms with van der Waals surface area (Å²) in [6.45, 7) is 4.20. The van der Waals surface area contributed by atoms with Crippen LogP contribution in [0.15, 0.2) is 29.4 Å². The number of carbonyl (C=O) groups excluding carboxylic acids is 1. The van der Waals surface area contributed by atoms with Crippen molar-refractivity contribution in [3.05, 3.63) is 41.5 Å². The van der Waals surface area contributed by atoms with Crippen molar-refractivity contribution >= 4 is 17.7 Å². The second kappa shape index (κ2) is 6.93. The molecule has 0 radical (unpaired) electrons. The third-order valence-electron chi connectivity index (χ3n) is 4.06. The molecule has 1 heterocycles. The summed E-state index contributed by atoms with van der Waals surface area (Å²) in [6.07, 6.45) is 2.29. The molecule has 1 aromatic heterocycles. The zero-order valence-corrected chi connectivity index (χ0v) is 14.9. The van der Waals surface area contributed by atoms with Gasteiger partial charge < -0.3 is 9.47 Å². The van der Waals surface area contributed by atoms with Crippen LogP contribution in [0.3, 0.4) is 0 Å². The summed E-state index contributed by atoms with van der Waals surface area (Å²) in [5.74, 6) is 0.601. The van der Waals surface area contributed by atoms with Crippen LogP contribution in [0.25, 0.3) is 0 Å². The van der Waals surface area contributed by atoms with Crippen LogP contribution in [-0.4, -0.2) is 37.9 Å². The van der Waals surface area contributed by atoms with Crippen LogP contribution in [0.2, 0.25) is 0 Å². The van der Waals surface area contributed by atoms with Gasteiger partial charge in [0, 0.05) is 19.6 Å². The highest BCUT2D eigenvalue weighted by atomic mass is 32.2.